The van der Waals surface area contributed by atoms with Crippen molar-refractivity contribution in [2.24, 2.45) is 0 Å². The number of benzene rings is 1. The average molecular weight is 363 g/mol. The minimum absolute atomic E-state index is 0.133. The summed E-state index contributed by atoms with van der Waals surface area (Å²) in [7, 11) is -1.97. The lowest BCUT2D eigenvalue weighted by molar-refractivity contribution is -0.128. The first-order chi connectivity index (χ1) is 10.8. The molecule has 1 aromatic rings. The van der Waals surface area contributed by atoms with Gasteiger partial charge in [0.05, 0.1) is 18.6 Å². The normalized spacial score (nSPS) is 17.9. The molecule has 0 aliphatic carbocycles. The molecule has 1 aromatic carbocycles. The first kappa shape index (κ1) is 17.8. The number of hydrogen-bond donors (Lipinski definition) is 1. The van der Waals surface area contributed by atoms with E-state index in [9.17, 15) is 13.2 Å². The van der Waals surface area contributed by atoms with E-state index in [0.717, 1.165) is 6.26 Å². The summed E-state index contributed by atoms with van der Waals surface area (Å²) in [4.78, 5) is 12.2. The topological polar surface area (TPSA) is 84.9 Å². The number of ether oxygens (including phenoxy) is 2. The second-order valence-electron chi connectivity index (χ2n) is 5.13. The predicted octanol–water partition coefficient (Wildman–Crippen LogP) is 1.02. The molecule has 0 aromatic heterocycles. The number of fused-ring (bicyclic) bond motifs is 1. The molecule has 23 heavy (non-hydrogen) atoms. The lowest BCUT2D eigenvalue weighted by Gasteiger charge is -2.21. The van der Waals surface area contributed by atoms with Gasteiger partial charge in [-0.1, -0.05) is 11.6 Å². The monoisotopic (exact) mass is 362 g/mol. The second-order valence-corrected chi connectivity index (χ2v) is 7.47. The van der Waals surface area contributed by atoms with Crippen LogP contribution in [0.5, 0.6) is 5.75 Å². The third-order valence-electron chi connectivity index (χ3n) is 3.35. The number of anilines is 1. The molecular weight excluding hydrogens is 344 g/mol. The van der Waals surface area contributed by atoms with Crippen molar-refractivity contribution < 1.29 is 22.7 Å². The maximum atomic E-state index is 12.2. The Kier molecular flexibility index (Phi) is 5.72. The number of methoxy groups -OCH3 is 1. The van der Waals surface area contributed by atoms with E-state index in [0.29, 0.717) is 29.6 Å². The van der Waals surface area contributed by atoms with Crippen molar-refractivity contribution in [1.82, 2.24) is 5.32 Å². The third-order valence-corrected chi connectivity index (χ3v) is 4.77. The number of rotatable bonds is 5. The van der Waals surface area contributed by atoms with E-state index in [-0.39, 0.29) is 18.9 Å². The molecule has 0 saturated carbocycles. The van der Waals surface area contributed by atoms with Crippen LogP contribution in [0.15, 0.2) is 18.2 Å². The van der Waals surface area contributed by atoms with Crippen molar-refractivity contribution in [1.29, 1.82) is 0 Å². The molecule has 1 aliphatic rings. The number of nitrogens with zero attached hydrogens (tertiary/aromatic N) is 1. The Hall–Kier alpha value is -1.51. The number of amides is 1. The molecule has 0 fully saturated rings. The first-order valence-electron chi connectivity index (χ1n) is 7.03. The summed E-state index contributed by atoms with van der Waals surface area (Å²) in [5.41, 5.74) is 0.340. The summed E-state index contributed by atoms with van der Waals surface area (Å²) >= 11 is 5.96. The zero-order valence-corrected chi connectivity index (χ0v) is 14.5. The summed E-state index contributed by atoms with van der Waals surface area (Å²) in [6.45, 7) is 0.882. The molecule has 1 heterocycles. The Morgan fingerprint density at radius 3 is 2.91 bits per heavy atom. The van der Waals surface area contributed by atoms with Gasteiger partial charge in [-0.25, -0.2) is 8.42 Å². The van der Waals surface area contributed by atoms with Crippen LogP contribution in [-0.4, -0.2) is 53.5 Å². The standard InChI is InChI=1S/C14H19ClN2O5S/c1-21-8-6-16-14(18)13-5-7-17(23(2,19)20)11-9-10(15)3-4-12(11)22-13/h3-4,9,13H,5-8H2,1-2H3,(H,16,18)/t13-/m0/s1. The number of nitrogens with one attached hydrogen (secondary N) is 1. The molecule has 9 heteroatoms. The molecule has 0 radical (unpaired) electrons. The highest BCUT2D eigenvalue weighted by molar-refractivity contribution is 7.92. The van der Waals surface area contributed by atoms with Crippen molar-refractivity contribution in [2.75, 3.05) is 37.4 Å². The summed E-state index contributed by atoms with van der Waals surface area (Å²) < 4.78 is 35.8. The van der Waals surface area contributed by atoms with Crippen LogP contribution in [0.3, 0.4) is 0 Å². The number of carbonyl (C=O) groups is 1. The maximum Gasteiger partial charge on any atom is 0.261 e. The molecule has 1 amide bonds. The van der Waals surface area contributed by atoms with Gasteiger partial charge in [-0.15, -0.1) is 0 Å². The van der Waals surface area contributed by atoms with Crippen LogP contribution in [0.25, 0.3) is 0 Å². The fourth-order valence-corrected chi connectivity index (χ4v) is 3.37. The number of hydrogen-bond acceptors (Lipinski definition) is 5. The number of carbonyl (C=O) groups excluding carboxylic acids is 1. The van der Waals surface area contributed by atoms with Gasteiger partial charge in [0.25, 0.3) is 5.91 Å². The van der Waals surface area contributed by atoms with Crippen LogP contribution in [-0.2, 0) is 19.6 Å². The molecule has 1 atom stereocenters. The Labute approximate surface area is 140 Å². The van der Waals surface area contributed by atoms with Crippen molar-refractivity contribution in [2.45, 2.75) is 12.5 Å². The fraction of sp³-hybridized carbons (Fsp3) is 0.500. The highest BCUT2D eigenvalue weighted by Crippen LogP contribution is 2.36. The van der Waals surface area contributed by atoms with E-state index in [1.54, 1.807) is 12.1 Å². The second kappa shape index (κ2) is 7.37. The van der Waals surface area contributed by atoms with Gasteiger partial charge < -0.3 is 14.8 Å². The van der Waals surface area contributed by atoms with E-state index in [2.05, 4.69) is 5.32 Å². The van der Waals surface area contributed by atoms with Crippen molar-refractivity contribution in [3.8, 4) is 5.75 Å². The van der Waals surface area contributed by atoms with Gasteiger partial charge in [-0.3, -0.25) is 9.10 Å². The zero-order chi connectivity index (χ0) is 17.0. The van der Waals surface area contributed by atoms with Gasteiger partial charge in [0.1, 0.15) is 5.75 Å². The van der Waals surface area contributed by atoms with E-state index in [1.165, 1.54) is 17.5 Å². The van der Waals surface area contributed by atoms with Gasteiger partial charge >= 0.3 is 0 Å². The highest BCUT2D eigenvalue weighted by atomic mass is 35.5. The van der Waals surface area contributed by atoms with E-state index < -0.39 is 16.1 Å². The maximum absolute atomic E-state index is 12.2. The van der Waals surface area contributed by atoms with Gasteiger partial charge in [-0.05, 0) is 18.2 Å². The Morgan fingerprint density at radius 2 is 2.26 bits per heavy atom. The minimum Gasteiger partial charge on any atom is -0.478 e. The Morgan fingerprint density at radius 1 is 1.52 bits per heavy atom. The van der Waals surface area contributed by atoms with Crippen LogP contribution in [0.2, 0.25) is 5.02 Å². The Balaban J connectivity index is 2.26. The first-order valence-corrected chi connectivity index (χ1v) is 9.26. The lowest BCUT2D eigenvalue weighted by atomic mass is 10.2. The Bertz CT molecular complexity index is 680. The summed E-state index contributed by atoms with van der Waals surface area (Å²) in [6, 6.07) is 4.67. The van der Waals surface area contributed by atoms with Gasteiger partial charge in [-0.2, -0.15) is 0 Å². The zero-order valence-electron chi connectivity index (χ0n) is 12.9. The minimum atomic E-state index is -3.51. The van der Waals surface area contributed by atoms with Gasteiger partial charge in [0, 0.05) is 31.6 Å². The average Bonchev–Trinajstić information content (AvgIpc) is 2.66. The quantitative estimate of drug-likeness (QED) is 0.790. The fourth-order valence-electron chi connectivity index (χ4n) is 2.27. The molecule has 128 valence electrons. The largest absolute Gasteiger partial charge is 0.478 e. The van der Waals surface area contributed by atoms with Crippen LogP contribution in [0.1, 0.15) is 6.42 Å². The summed E-state index contributed by atoms with van der Waals surface area (Å²) in [6.07, 6.45) is 0.563. The molecule has 2 rings (SSSR count). The van der Waals surface area contributed by atoms with Crippen LogP contribution in [0, 0.1) is 0 Å². The van der Waals surface area contributed by atoms with Gasteiger partial charge in [0.2, 0.25) is 10.0 Å². The van der Waals surface area contributed by atoms with Crippen molar-refractivity contribution >= 4 is 33.2 Å². The van der Waals surface area contributed by atoms with Gasteiger partial charge in [0.15, 0.2) is 6.10 Å². The molecule has 7 nitrogen and oxygen atoms in total. The van der Waals surface area contributed by atoms with E-state index in [4.69, 9.17) is 21.1 Å². The van der Waals surface area contributed by atoms with Crippen LogP contribution < -0.4 is 14.4 Å². The third kappa shape index (κ3) is 4.49. The lowest BCUT2D eigenvalue weighted by Crippen LogP contribution is -2.41. The molecule has 0 saturated heterocycles. The van der Waals surface area contributed by atoms with E-state index >= 15 is 0 Å². The molecule has 0 bridgehead atoms. The summed E-state index contributed by atoms with van der Waals surface area (Å²) in [5, 5.41) is 3.09. The predicted molar refractivity (Wildman–Crippen MR) is 87.6 cm³/mol. The van der Waals surface area contributed by atoms with E-state index in [1.807, 2.05) is 0 Å². The molecule has 1 N–H and O–H groups in total. The van der Waals surface area contributed by atoms with Crippen LogP contribution in [0.4, 0.5) is 5.69 Å². The molecule has 0 unspecified atom stereocenters. The van der Waals surface area contributed by atoms with Crippen LogP contribution >= 0.6 is 11.6 Å². The van der Waals surface area contributed by atoms with Crippen molar-refractivity contribution in [3.63, 3.8) is 0 Å². The number of halogens is 1. The smallest absolute Gasteiger partial charge is 0.261 e. The molecule has 0 spiro atoms. The highest BCUT2D eigenvalue weighted by Gasteiger charge is 2.31. The molecule has 1 aliphatic heterocycles. The molecular formula is C14H19ClN2O5S. The number of sulfonamides is 1. The van der Waals surface area contributed by atoms with Crippen molar-refractivity contribution in [3.05, 3.63) is 23.2 Å². The SMILES string of the molecule is COCCNC(=O)[C@@H]1CCN(S(C)(=O)=O)c2cc(Cl)ccc2O1. The summed E-state index contributed by atoms with van der Waals surface area (Å²) in [5.74, 6) is 0.00233.